The van der Waals surface area contributed by atoms with Crippen molar-refractivity contribution in [3.8, 4) is 0 Å². The van der Waals surface area contributed by atoms with Crippen LogP contribution in [0.4, 0.5) is 4.79 Å². The molecule has 0 radical (unpaired) electrons. The van der Waals surface area contributed by atoms with E-state index >= 15 is 0 Å². The average molecular weight is 242 g/mol. The van der Waals surface area contributed by atoms with Crippen LogP contribution in [0.15, 0.2) is 17.1 Å². The summed E-state index contributed by atoms with van der Waals surface area (Å²) in [6.07, 6.45) is 1.05. The van der Waals surface area contributed by atoms with Gasteiger partial charge in [0, 0.05) is 5.57 Å². The molecule has 6 heteroatoms. The molecule has 0 unspecified atom stereocenters. The fourth-order valence-electron chi connectivity index (χ4n) is 0.565. The summed E-state index contributed by atoms with van der Waals surface area (Å²) in [4.78, 5) is 25.5. The number of rotatable bonds is 4. The Morgan fingerprint density at radius 3 is 2.47 bits per heavy atom. The van der Waals surface area contributed by atoms with Gasteiger partial charge in [-0.05, 0) is 27.7 Å². The molecule has 17 heavy (non-hydrogen) atoms. The molecule has 0 aliphatic rings. The van der Waals surface area contributed by atoms with Crippen LogP contribution in [0.3, 0.4) is 0 Å². The summed E-state index contributed by atoms with van der Waals surface area (Å²) >= 11 is 0. The van der Waals surface area contributed by atoms with Gasteiger partial charge in [0.05, 0.1) is 0 Å². The molecule has 2 amide bonds. The Hall–Kier alpha value is -1.85. The maximum atomic E-state index is 11.1. The van der Waals surface area contributed by atoms with Gasteiger partial charge in [0.15, 0.2) is 13.1 Å². The molecule has 1 N–H and O–H groups in total. The molecule has 0 aliphatic heterocycles. The Morgan fingerprint density at radius 1 is 1.41 bits per heavy atom. The molecule has 0 heterocycles. The number of carbonyl (C=O) groups is 2. The molecule has 0 aromatic heterocycles. The SMILES string of the molecule is C=C(C)C(=O)OCNC(=O)N=COC(C)(C)C. The first-order chi connectivity index (χ1) is 7.72. The van der Waals surface area contributed by atoms with Crippen LogP contribution in [0.1, 0.15) is 27.7 Å². The highest BCUT2D eigenvalue weighted by molar-refractivity contribution is 5.87. The third-order valence-corrected chi connectivity index (χ3v) is 1.35. The van der Waals surface area contributed by atoms with Crippen molar-refractivity contribution < 1.29 is 19.1 Å². The first-order valence-corrected chi connectivity index (χ1v) is 5.03. The molecule has 6 nitrogen and oxygen atoms in total. The molecule has 0 bridgehead atoms. The Bertz CT molecular complexity index is 329. The number of amides is 2. The van der Waals surface area contributed by atoms with Crippen LogP contribution in [0, 0.1) is 0 Å². The number of aliphatic imine (C=N–C) groups is 1. The number of carbonyl (C=O) groups excluding carboxylic acids is 2. The van der Waals surface area contributed by atoms with Gasteiger partial charge in [-0.25, -0.2) is 9.59 Å². The fraction of sp³-hybridized carbons (Fsp3) is 0.545. The highest BCUT2D eigenvalue weighted by atomic mass is 16.5. The van der Waals surface area contributed by atoms with Crippen LogP contribution < -0.4 is 5.32 Å². The van der Waals surface area contributed by atoms with Crippen molar-refractivity contribution in [1.82, 2.24) is 5.32 Å². The summed E-state index contributed by atoms with van der Waals surface area (Å²) < 4.78 is 9.73. The molecule has 0 saturated heterocycles. The minimum Gasteiger partial charge on any atom is -0.477 e. The van der Waals surface area contributed by atoms with E-state index in [4.69, 9.17) is 4.74 Å². The van der Waals surface area contributed by atoms with Crippen molar-refractivity contribution in [3.05, 3.63) is 12.2 Å². The number of urea groups is 1. The normalized spacial score (nSPS) is 11.1. The smallest absolute Gasteiger partial charge is 0.346 e. The summed E-state index contributed by atoms with van der Waals surface area (Å²) in [5.74, 6) is -0.569. The first kappa shape index (κ1) is 15.2. The van der Waals surface area contributed by atoms with Crippen LogP contribution in [0.25, 0.3) is 0 Å². The highest BCUT2D eigenvalue weighted by Crippen LogP contribution is 2.03. The van der Waals surface area contributed by atoms with Crippen molar-refractivity contribution in [1.29, 1.82) is 0 Å². The quantitative estimate of drug-likeness (QED) is 0.267. The number of hydrogen-bond donors (Lipinski definition) is 1. The second-order valence-electron chi connectivity index (χ2n) is 4.30. The van der Waals surface area contributed by atoms with Gasteiger partial charge in [0.1, 0.15) is 5.60 Å². The van der Waals surface area contributed by atoms with Gasteiger partial charge in [-0.1, -0.05) is 6.58 Å². The Kier molecular flexibility index (Phi) is 5.95. The van der Waals surface area contributed by atoms with E-state index in [2.05, 4.69) is 21.6 Å². The van der Waals surface area contributed by atoms with Crippen LogP contribution in [-0.2, 0) is 14.3 Å². The Morgan fingerprint density at radius 2 is 2.00 bits per heavy atom. The molecule has 0 spiro atoms. The van der Waals surface area contributed by atoms with Crippen LogP contribution in [0.5, 0.6) is 0 Å². The number of ether oxygens (including phenoxy) is 2. The third-order valence-electron chi connectivity index (χ3n) is 1.35. The summed E-state index contributed by atoms with van der Waals surface area (Å²) in [5, 5.41) is 2.25. The van der Waals surface area contributed by atoms with E-state index in [9.17, 15) is 9.59 Å². The second-order valence-corrected chi connectivity index (χ2v) is 4.30. The molecule has 0 aromatic rings. The van der Waals surface area contributed by atoms with E-state index in [0.29, 0.717) is 0 Å². The molecular formula is C11H18N2O4. The van der Waals surface area contributed by atoms with Crippen molar-refractivity contribution >= 4 is 18.4 Å². The van der Waals surface area contributed by atoms with Crippen molar-refractivity contribution in [2.24, 2.45) is 4.99 Å². The fourth-order valence-corrected chi connectivity index (χ4v) is 0.565. The molecular weight excluding hydrogens is 224 g/mol. The topological polar surface area (TPSA) is 77.0 Å². The van der Waals surface area contributed by atoms with E-state index < -0.39 is 17.6 Å². The Balaban J connectivity index is 3.81. The number of hydrogen-bond acceptors (Lipinski definition) is 4. The lowest BCUT2D eigenvalue weighted by Gasteiger charge is -2.16. The zero-order valence-corrected chi connectivity index (χ0v) is 10.6. The molecule has 0 aromatic carbocycles. The molecule has 0 aliphatic carbocycles. The summed E-state index contributed by atoms with van der Waals surface area (Å²) in [6.45, 7) is 10.1. The highest BCUT2D eigenvalue weighted by Gasteiger charge is 2.08. The predicted molar refractivity (Wildman–Crippen MR) is 63.6 cm³/mol. The number of esters is 1. The van der Waals surface area contributed by atoms with E-state index in [1.54, 1.807) is 0 Å². The lowest BCUT2D eigenvalue weighted by Crippen LogP contribution is -2.26. The van der Waals surface area contributed by atoms with Crippen molar-refractivity contribution in [2.75, 3.05) is 6.73 Å². The minimum absolute atomic E-state index is 0.253. The lowest BCUT2D eigenvalue weighted by molar-refractivity contribution is -0.139. The zero-order valence-electron chi connectivity index (χ0n) is 10.6. The van der Waals surface area contributed by atoms with Gasteiger partial charge in [-0.3, -0.25) is 0 Å². The first-order valence-electron chi connectivity index (χ1n) is 5.03. The predicted octanol–water partition coefficient (Wildman–Crippen LogP) is 1.62. The van der Waals surface area contributed by atoms with E-state index in [1.165, 1.54) is 6.92 Å². The van der Waals surface area contributed by atoms with Gasteiger partial charge >= 0.3 is 12.0 Å². The van der Waals surface area contributed by atoms with Crippen LogP contribution in [-0.4, -0.2) is 30.7 Å². The molecule has 96 valence electrons. The summed E-state index contributed by atoms with van der Waals surface area (Å²) in [6, 6.07) is -0.649. The number of nitrogens with one attached hydrogen (secondary N) is 1. The minimum atomic E-state index is -0.649. The van der Waals surface area contributed by atoms with Crippen LogP contribution in [0.2, 0.25) is 0 Å². The molecule has 0 atom stereocenters. The van der Waals surface area contributed by atoms with E-state index in [1.807, 2.05) is 20.8 Å². The molecule has 0 rings (SSSR count). The van der Waals surface area contributed by atoms with Gasteiger partial charge in [0.25, 0.3) is 0 Å². The summed E-state index contributed by atoms with van der Waals surface area (Å²) in [7, 11) is 0. The van der Waals surface area contributed by atoms with Gasteiger partial charge in [-0.2, -0.15) is 4.99 Å². The van der Waals surface area contributed by atoms with E-state index in [0.717, 1.165) is 6.40 Å². The van der Waals surface area contributed by atoms with Gasteiger partial charge < -0.3 is 14.8 Å². The van der Waals surface area contributed by atoms with Gasteiger partial charge in [0.2, 0.25) is 0 Å². The number of nitrogens with zero attached hydrogens (tertiary/aromatic N) is 1. The standard InChI is InChI=1S/C11H18N2O4/c1-8(2)9(14)16-6-12-10(15)13-7-17-11(3,4)5/h7H,1,6H2,2-5H3,(H,12,15). The summed E-state index contributed by atoms with van der Waals surface area (Å²) in [5.41, 5.74) is -0.144. The third kappa shape index (κ3) is 9.10. The maximum Gasteiger partial charge on any atom is 0.346 e. The molecule has 0 fully saturated rings. The largest absolute Gasteiger partial charge is 0.477 e. The lowest BCUT2D eigenvalue weighted by atomic mass is 10.2. The van der Waals surface area contributed by atoms with Crippen molar-refractivity contribution in [3.63, 3.8) is 0 Å². The zero-order chi connectivity index (χ0) is 13.5. The van der Waals surface area contributed by atoms with Gasteiger partial charge in [-0.15, -0.1) is 0 Å². The maximum absolute atomic E-state index is 11.1. The van der Waals surface area contributed by atoms with Crippen LogP contribution >= 0.6 is 0 Å². The Labute approximate surface area is 101 Å². The van der Waals surface area contributed by atoms with E-state index in [-0.39, 0.29) is 12.3 Å². The monoisotopic (exact) mass is 242 g/mol. The second kappa shape index (κ2) is 6.67. The average Bonchev–Trinajstić information content (AvgIpc) is 2.15. The molecule has 0 saturated carbocycles. The van der Waals surface area contributed by atoms with Crippen molar-refractivity contribution in [2.45, 2.75) is 33.3 Å².